The second-order valence-corrected chi connectivity index (χ2v) is 6.34. The molecule has 2 fully saturated rings. The molecule has 0 atom stereocenters. The fraction of sp³-hybridized carbons (Fsp3) is 0.611. The van der Waals surface area contributed by atoms with Crippen molar-refractivity contribution in [2.45, 2.75) is 32.3 Å². The molecule has 7 heteroatoms. The number of ether oxygens (including phenoxy) is 2. The van der Waals surface area contributed by atoms with Gasteiger partial charge in [0.25, 0.3) is 5.91 Å². The number of hydrogen-bond donors (Lipinski definition) is 0. The van der Waals surface area contributed by atoms with Gasteiger partial charge in [0.1, 0.15) is 6.10 Å². The van der Waals surface area contributed by atoms with Crippen molar-refractivity contribution in [1.29, 1.82) is 0 Å². The number of carbonyl (C=O) groups is 2. The van der Waals surface area contributed by atoms with Gasteiger partial charge in [-0.05, 0) is 6.07 Å². The van der Waals surface area contributed by atoms with E-state index in [1.807, 2.05) is 11.8 Å². The maximum absolute atomic E-state index is 12.4. The smallest absolute Gasteiger partial charge is 0.255 e. The van der Waals surface area contributed by atoms with E-state index in [1.54, 1.807) is 23.2 Å². The fourth-order valence-corrected chi connectivity index (χ4v) is 3.14. The van der Waals surface area contributed by atoms with E-state index in [-0.39, 0.29) is 17.9 Å². The van der Waals surface area contributed by atoms with E-state index in [0.29, 0.717) is 44.2 Å². The molecule has 2 saturated heterocycles. The molecular weight excluding hydrogens is 322 g/mol. The Morgan fingerprint density at radius 3 is 2.48 bits per heavy atom. The molecule has 3 heterocycles. The van der Waals surface area contributed by atoms with E-state index in [1.165, 1.54) is 0 Å². The lowest BCUT2D eigenvalue weighted by Gasteiger charge is -2.31. The first-order chi connectivity index (χ1) is 12.2. The summed E-state index contributed by atoms with van der Waals surface area (Å²) in [7, 11) is 0. The third-order valence-electron chi connectivity index (χ3n) is 4.67. The lowest BCUT2D eigenvalue weighted by Crippen LogP contribution is -2.41. The molecule has 2 amide bonds. The van der Waals surface area contributed by atoms with Crippen LogP contribution in [-0.2, 0) is 9.53 Å². The van der Waals surface area contributed by atoms with Crippen LogP contribution in [0.3, 0.4) is 0 Å². The highest BCUT2D eigenvalue weighted by atomic mass is 16.5. The molecule has 0 aromatic carbocycles. The Balaban J connectivity index is 1.51. The van der Waals surface area contributed by atoms with Gasteiger partial charge in [0.15, 0.2) is 0 Å². The number of amides is 2. The molecule has 1 aromatic heterocycles. The summed E-state index contributed by atoms with van der Waals surface area (Å²) < 4.78 is 11.2. The van der Waals surface area contributed by atoms with Gasteiger partial charge < -0.3 is 19.3 Å². The van der Waals surface area contributed by atoms with Crippen molar-refractivity contribution >= 4 is 11.8 Å². The van der Waals surface area contributed by atoms with Crippen LogP contribution in [0.1, 0.15) is 36.5 Å². The van der Waals surface area contributed by atoms with E-state index in [0.717, 1.165) is 25.9 Å². The van der Waals surface area contributed by atoms with Crippen LogP contribution in [0.25, 0.3) is 0 Å². The number of piperidine rings is 1. The summed E-state index contributed by atoms with van der Waals surface area (Å²) in [6.45, 7) is 5.74. The number of likely N-dealkylation sites (tertiary alicyclic amines) is 1. The summed E-state index contributed by atoms with van der Waals surface area (Å²) in [5.74, 6) is 0.704. The first-order valence-electron chi connectivity index (χ1n) is 8.95. The van der Waals surface area contributed by atoms with E-state index < -0.39 is 0 Å². The van der Waals surface area contributed by atoms with Gasteiger partial charge in [-0.2, -0.15) is 0 Å². The Labute approximate surface area is 147 Å². The number of hydrogen-bond acceptors (Lipinski definition) is 5. The molecule has 0 N–H and O–H groups in total. The monoisotopic (exact) mass is 347 g/mol. The summed E-state index contributed by atoms with van der Waals surface area (Å²) in [5.41, 5.74) is 0.567. The zero-order valence-electron chi connectivity index (χ0n) is 14.6. The Morgan fingerprint density at radius 1 is 1.16 bits per heavy atom. The minimum absolute atomic E-state index is 0.0197. The second-order valence-electron chi connectivity index (χ2n) is 6.34. The third-order valence-corrected chi connectivity index (χ3v) is 4.67. The maximum atomic E-state index is 12.4. The van der Waals surface area contributed by atoms with Gasteiger partial charge in [0, 0.05) is 57.7 Å². The molecule has 3 rings (SSSR count). The molecule has 2 aliphatic heterocycles. The zero-order chi connectivity index (χ0) is 17.6. The normalized spacial score (nSPS) is 18.9. The van der Waals surface area contributed by atoms with Crippen LogP contribution in [0.2, 0.25) is 0 Å². The van der Waals surface area contributed by atoms with E-state index in [2.05, 4.69) is 4.98 Å². The van der Waals surface area contributed by atoms with Gasteiger partial charge in [0.2, 0.25) is 11.8 Å². The molecule has 0 aliphatic carbocycles. The van der Waals surface area contributed by atoms with Gasteiger partial charge in [-0.3, -0.25) is 9.59 Å². The minimum Gasteiger partial charge on any atom is -0.474 e. The highest BCUT2D eigenvalue weighted by Gasteiger charge is 2.23. The van der Waals surface area contributed by atoms with Crippen molar-refractivity contribution < 1.29 is 19.1 Å². The third kappa shape index (κ3) is 4.48. The molecule has 0 bridgehead atoms. The summed E-state index contributed by atoms with van der Waals surface area (Å²) in [6, 6.07) is 3.51. The van der Waals surface area contributed by atoms with Gasteiger partial charge >= 0.3 is 0 Å². The first-order valence-corrected chi connectivity index (χ1v) is 8.95. The molecule has 1 aromatic rings. The molecule has 0 unspecified atom stereocenters. The average molecular weight is 347 g/mol. The van der Waals surface area contributed by atoms with Crippen LogP contribution in [0, 0.1) is 0 Å². The van der Waals surface area contributed by atoms with Crippen LogP contribution in [0.4, 0.5) is 0 Å². The molecule has 2 aliphatic rings. The zero-order valence-corrected chi connectivity index (χ0v) is 14.6. The van der Waals surface area contributed by atoms with Gasteiger partial charge in [-0.1, -0.05) is 6.92 Å². The summed E-state index contributed by atoms with van der Waals surface area (Å²) in [4.78, 5) is 32.0. The Morgan fingerprint density at radius 2 is 1.88 bits per heavy atom. The maximum Gasteiger partial charge on any atom is 0.255 e. The molecule has 136 valence electrons. The number of aromatic nitrogens is 1. The van der Waals surface area contributed by atoms with Gasteiger partial charge in [-0.15, -0.1) is 0 Å². The van der Waals surface area contributed by atoms with Crippen molar-refractivity contribution in [3.63, 3.8) is 0 Å². The van der Waals surface area contributed by atoms with Crippen LogP contribution in [-0.4, -0.2) is 72.1 Å². The average Bonchev–Trinajstić information content (AvgIpc) is 2.68. The lowest BCUT2D eigenvalue weighted by molar-refractivity contribution is -0.132. The van der Waals surface area contributed by atoms with E-state index in [4.69, 9.17) is 9.47 Å². The molecule has 25 heavy (non-hydrogen) atoms. The van der Waals surface area contributed by atoms with E-state index in [9.17, 15) is 9.59 Å². The number of rotatable bonds is 4. The van der Waals surface area contributed by atoms with E-state index >= 15 is 0 Å². The number of nitrogens with zero attached hydrogens (tertiary/aromatic N) is 3. The topological polar surface area (TPSA) is 72.0 Å². The molecule has 0 radical (unpaired) electrons. The highest BCUT2D eigenvalue weighted by molar-refractivity contribution is 5.94. The summed E-state index contributed by atoms with van der Waals surface area (Å²) in [6.07, 6.45) is 3.80. The Bertz CT molecular complexity index is 591. The SMILES string of the molecule is CCC(=O)N1CCC(Oc2ccc(C(=O)N3CCOCC3)cn2)CC1. The minimum atomic E-state index is -0.0197. The summed E-state index contributed by atoms with van der Waals surface area (Å²) >= 11 is 0. The Hall–Kier alpha value is -2.15. The largest absolute Gasteiger partial charge is 0.474 e. The molecule has 7 nitrogen and oxygen atoms in total. The molecular formula is C18H25N3O4. The van der Waals surface area contributed by atoms with Gasteiger partial charge in [0.05, 0.1) is 18.8 Å². The molecule has 0 spiro atoms. The van der Waals surface area contributed by atoms with Crippen LogP contribution in [0.15, 0.2) is 18.3 Å². The van der Waals surface area contributed by atoms with Crippen LogP contribution >= 0.6 is 0 Å². The first kappa shape index (κ1) is 17.7. The van der Waals surface area contributed by atoms with Crippen molar-refractivity contribution in [1.82, 2.24) is 14.8 Å². The summed E-state index contributed by atoms with van der Waals surface area (Å²) in [5, 5.41) is 0. The fourth-order valence-electron chi connectivity index (χ4n) is 3.14. The molecule has 0 saturated carbocycles. The highest BCUT2D eigenvalue weighted by Crippen LogP contribution is 2.18. The van der Waals surface area contributed by atoms with Crippen molar-refractivity contribution in [3.05, 3.63) is 23.9 Å². The lowest BCUT2D eigenvalue weighted by atomic mass is 10.1. The number of carbonyl (C=O) groups excluding carboxylic acids is 2. The van der Waals surface area contributed by atoms with Crippen LogP contribution < -0.4 is 4.74 Å². The van der Waals surface area contributed by atoms with Crippen molar-refractivity contribution in [2.24, 2.45) is 0 Å². The van der Waals surface area contributed by atoms with Crippen molar-refractivity contribution in [2.75, 3.05) is 39.4 Å². The van der Waals surface area contributed by atoms with Gasteiger partial charge in [-0.25, -0.2) is 4.98 Å². The van der Waals surface area contributed by atoms with Crippen molar-refractivity contribution in [3.8, 4) is 5.88 Å². The predicted molar refractivity (Wildman–Crippen MR) is 91.5 cm³/mol. The standard InChI is InChI=1S/C18H25N3O4/c1-2-17(22)20-7-5-15(6-8-20)25-16-4-3-14(13-19-16)18(23)21-9-11-24-12-10-21/h3-4,13,15H,2,5-12H2,1H3. The number of pyridine rings is 1. The quantitative estimate of drug-likeness (QED) is 0.822. The Kier molecular flexibility index (Phi) is 5.86. The predicted octanol–water partition coefficient (Wildman–Crippen LogP) is 1.33. The number of morpholine rings is 1. The second kappa shape index (κ2) is 8.29. The van der Waals surface area contributed by atoms with Crippen LogP contribution in [0.5, 0.6) is 5.88 Å².